The molecule has 2 nitrogen and oxygen atoms in total. The van der Waals surface area contributed by atoms with E-state index in [0.717, 1.165) is 20.5 Å². The molecule has 0 unspecified atom stereocenters. The van der Waals surface area contributed by atoms with E-state index in [1.165, 1.54) is 0 Å². The van der Waals surface area contributed by atoms with Crippen LogP contribution in [0.3, 0.4) is 0 Å². The van der Waals surface area contributed by atoms with Crippen molar-refractivity contribution in [2.24, 2.45) is 0 Å². The van der Waals surface area contributed by atoms with Crippen LogP contribution in [0.1, 0.15) is 0 Å². The van der Waals surface area contributed by atoms with Crippen molar-refractivity contribution in [3.63, 3.8) is 0 Å². The lowest BCUT2D eigenvalue weighted by atomic mass is 10.1. The van der Waals surface area contributed by atoms with Crippen LogP contribution in [0.25, 0.3) is 11.1 Å². The van der Waals surface area contributed by atoms with Crippen LogP contribution in [-0.2, 0) is 0 Å². The highest BCUT2D eigenvalue weighted by Crippen LogP contribution is 2.25. The number of aromatic nitrogens is 1. The fourth-order valence-electron chi connectivity index (χ4n) is 1.31. The SMILES string of the molecule is Nc1cnc(I)cc1-c1ccccc1. The summed E-state index contributed by atoms with van der Waals surface area (Å²) in [5.74, 6) is 0. The number of nitrogens with two attached hydrogens (primary N) is 1. The number of pyridine rings is 1. The Kier molecular flexibility index (Phi) is 2.67. The minimum absolute atomic E-state index is 0.719. The predicted molar refractivity (Wildman–Crippen MR) is 66.8 cm³/mol. The molecule has 70 valence electrons. The van der Waals surface area contributed by atoms with E-state index in [4.69, 9.17) is 5.73 Å². The van der Waals surface area contributed by atoms with Gasteiger partial charge in [-0.2, -0.15) is 0 Å². The third-order valence-electron chi connectivity index (χ3n) is 1.99. The lowest BCUT2D eigenvalue weighted by Gasteiger charge is -2.05. The van der Waals surface area contributed by atoms with Gasteiger partial charge in [-0.15, -0.1) is 0 Å². The number of hydrogen-bond donors (Lipinski definition) is 1. The Morgan fingerprint density at radius 1 is 1.14 bits per heavy atom. The molecule has 0 fully saturated rings. The third kappa shape index (κ3) is 1.87. The van der Waals surface area contributed by atoms with Gasteiger partial charge in [-0.05, 0) is 34.2 Å². The van der Waals surface area contributed by atoms with E-state index in [2.05, 4.69) is 27.6 Å². The summed E-state index contributed by atoms with van der Waals surface area (Å²) in [5, 5.41) is 0. The molecule has 0 atom stereocenters. The van der Waals surface area contributed by atoms with Gasteiger partial charge in [-0.3, -0.25) is 0 Å². The molecular formula is C11H9IN2. The van der Waals surface area contributed by atoms with Crippen LogP contribution in [0.15, 0.2) is 42.6 Å². The maximum absolute atomic E-state index is 5.86. The first kappa shape index (κ1) is 9.45. The molecule has 0 spiro atoms. The summed E-state index contributed by atoms with van der Waals surface area (Å²) in [5.41, 5.74) is 8.75. The number of nitrogens with zero attached hydrogens (tertiary/aromatic N) is 1. The average Bonchev–Trinajstić information content (AvgIpc) is 2.23. The Labute approximate surface area is 96.3 Å². The summed E-state index contributed by atoms with van der Waals surface area (Å²) in [4.78, 5) is 4.13. The van der Waals surface area contributed by atoms with E-state index in [9.17, 15) is 0 Å². The second-order valence-corrected chi connectivity index (χ2v) is 4.07. The first-order valence-corrected chi connectivity index (χ1v) is 5.31. The van der Waals surface area contributed by atoms with Crippen LogP contribution >= 0.6 is 22.6 Å². The first-order valence-electron chi connectivity index (χ1n) is 4.24. The fraction of sp³-hybridized carbons (Fsp3) is 0. The van der Waals surface area contributed by atoms with Crippen molar-refractivity contribution in [1.29, 1.82) is 0 Å². The molecule has 2 N–H and O–H groups in total. The quantitative estimate of drug-likeness (QED) is 0.649. The average molecular weight is 296 g/mol. The first-order chi connectivity index (χ1) is 6.77. The summed E-state index contributed by atoms with van der Waals surface area (Å²) < 4.78 is 0.954. The van der Waals surface area contributed by atoms with Gasteiger partial charge in [0, 0.05) is 5.56 Å². The normalized spacial score (nSPS) is 10.1. The Hall–Kier alpha value is -1.10. The van der Waals surface area contributed by atoms with Gasteiger partial charge in [-0.1, -0.05) is 30.3 Å². The van der Waals surface area contributed by atoms with Crippen LogP contribution in [0.5, 0.6) is 0 Å². The molecule has 0 aliphatic heterocycles. The second kappa shape index (κ2) is 3.96. The summed E-state index contributed by atoms with van der Waals surface area (Å²) in [7, 11) is 0. The number of anilines is 1. The van der Waals surface area contributed by atoms with Crippen molar-refractivity contribution in [2.75, 3.05) is 5.73 Å². The summed E-state index contributed by atoms with van der Waals surface area (Å²) >= 11 is 2.18. The summed E-state index contributed by atoms with van der Waals surface area (Å²) in [6.07, 6.45) is 1.70. The van der Waals surface area contributed by atoms with Gasteiger partial charge in [0.1, 0.15) is 3.70 Å². The fourth-order valence-corrected chi connectivity index (χ4v) is 1.76. The minimum Gasteiger partial charge on any atom is -0.397 e. The van der Waals surface area contributed by atoms with Crippen molar-refractivity contribution < 1.29 is 0 Å². The van der Waals surface area contributed by atoms with Crippen molar-refractivity contribution in [2.45, 2.75) is 0 Å². The Bertz CT molecular complexity index is 440. The number of nitrogen functional groups attached to an aromatic ring is 1. The molecular weight excluding hydrogens is 287 g/mol. The third-order valence-corrected chi connectivity index (χ3v) is 2.58. The number of benzene rings is 1. The molecule has 0 aliphatic carbocycles. The lowest BCUT2D eigenvalue weighted by molar-refractivity contribution is 1.28. The van der Waals surface area contributed by atoms with Gasteiger partial charge in [-0.25, -0.2) is 4.98 Å². The maximum atomic E-state index is 5.86. The molecule has 0 saturated carbocycles. The van der Waals surface area contributed by atoms with Crippen molar-refractivity contribution in [3.8, 4) is 11.1 Å². The van der Waals surface area contributed by atoms with Crippen molar-refractivity contribution >= 4 is 28.3 Å². The van der Waals surface area contributed by atoms with Crippen LogP contribution in [-0.4, -0.2) is 4.98 Å². The molecule has 0 bridgehead atoms. The van der Waals surface area contributed by atoms with E-state index in [1.54, 1.807) is 6.20 Å². The zero-order valence-corrected chi connectivity index (χ0v) is 9.60. The van der Waals surface area contributed by atoms with E-state index < -0.39 is 0 Å². The van der Waals surface area contributed by atoms with Gasteiger partial charge >= 0.3 is 0 Å². The summed E-state index contributed by atoms with van der Waals surface area (Å²) in [6, 6.07) is 12.1. The zero-order valence-electron chi connectivity index (χ0n) is 7.44. The molecule has 14 heavy (non-hydrogen) atoms. The van der Waals surface area contributed by atoms with E-state index in [0.29, 0.717) is 0 Å². The molecule has 1 aromatic heterocycles. The van der Waals surface area contributed by atoms with Gasteiger partial charge in [0.25, 0.3) is 0 Å². The van der Waals surface area contributed by atoms with Gasteiger partial charge < -0.3 is 5.73 Å². The predicted octanol–water partition coefficient (Wildman–Crippen LogP) is 2.94. The molecule has 1 aromatic carbocycles. The van der Waals surface area contributed by atoms with Crippen LogP contribution in [0.2, 0.25) is 0 Å². The topological polar surface area (TPSA) is 38.9 Å². The van der Waals surface area contributed by atoms with Gasteiger partial charge in [0.2, 0.25) is 0 Å². The van der Waals surface area contributed by atoms with Gasteiger partial charge in [0.05, 0.1) is 11.9 Å². The molecule has 3 heteroatoms. The highest BCUT2D eigenvalue weighted by molar-refractivity contribution is 14.1. The van der Waals surface area contributed by atoms with Crippen LogP contribution < -0.4 is 5.73 Å². The smallest absolute Gasteiger partial charge is 0.102 e. The Morgan fingerprint density at radius 3 is 2.57 bits per heavy atom. The van der Waals surface area contributed by atoms with E-state index in [1.807, 2.05) is 36.4 Å². The van der Waals surface area contributed by atoms with Crippen LogP contribution in [0, 0.1) is 3.70 Å². The maximum Gasteiger partial charge on any atom is 0.102 e. The monoisotopic (exact) mass is 296 g/mol. The Balaban J connectivity index is 2.57. The molecule has 0 saturated heterocycles. The highest BCUT2D eigenvalue weighted by Gasteiger charge is 2.02. The molecule has 0 radical (unpaired) electrons. The van der Waals surface area contributed by atoms with Gasteiger partial charge in [0.15, 0.2) is 0 Å². The van der Waals surface area contributed by atoms with Crippen molar-refractivity contribution in [1.82, 2.24) is 4.98 Å². The number of hydrogen-bond acceptors (Lipinski definition) is 2. The standard InChI is InChI=1S/C11H9IN2/c12-11-6-9(10(13)7-14-11)8-4-2-1-3-5-8/h1-7H,13H2. The minimum atomic E-state index is 0.719. The molecule has 2 rings (SSSR count). The molecule has 0 aliphatic rings. The molecule has 2 aromatic rings. The largest absolute Gasteiger partial charge is 0.397 e. The zero-order chi connectivity index (χ0) is 9.97. The molecule has 0 amide bonds. The number of halogens is 1. The second-order valence-electron chi connectivity index (χ2n) is 2.96. The van der Waals surface area contributed by atoms with E-state index in [-0.39, 0.29) is 0 Å². The lowest BCUT2D eigenvalue weighted by Crippen LogP contribution is -1.92. The van der Waals surface area contributed by atoms with Crippen molar-refractivity contribution in [3.05, 3.63) is 46.3 Å². The summed E-state index contributed by atoms with van der Waals surface area (Å²) in [6.45, 7) is 0. The highest BCUT2D eigenvalue weighted by atomic mass is 127. The number of rotatable bonds is 1. The van der Waals surface area contributed by atoms with Crippen LogP contribution in [0.4, 0.5) is 5.69 Å². The van der Waals surface area contributed by atoms with E-state index >= 15 is 0 Å². The Morgan fingerprint density at radius 2 is 1.86 bits per heavy atom. The molecule has 1 heterocycles.